The molecule has 1 amide bonds. The predicted molar refractivity (Wildman–Crippen MR) is 129 cm³/mol. The second kappa shape index (κ2) is 9.38. The molecule has 0 aliphatic rings. The molecule has 3 aromatic carbocycles. The lowest BCUT2D eigenvalue weighted by atomic mass is 10.1. The van der Waals surface area contributed by atoms with Gasteiger partial charge in [-0.25, -0.2) is 8.42 Å². The summed E-state index contributed by atoms with van der Waals surface area (Å²) in [6, 6.07) is 20.8. The van der Waals surface area contributed by atoms with E-state index >= 15 is 0 Å². The average Bonchev–Trinajstić information content (AvgIpc) is 3.26. The third-order valence-corrected chi connectivity index (χ3v) is 7.34. The van der Waals surface area contributed by atoms with E-state index in [1.54, 1.807) is 24.3 Å². The van der Waals surface area contributed by atoms with Crippen LogP contribution >= 0.6 is 0 Å². The van der Waals surface area contributed by atoms with Crippen LogP contribution in [0, 0.1) is 0 Å². The van der Waals surface area contributed by atoms with Gasteiger partial charge in [0.05, 0.1) is 17.7 Å². The zero-order valence-corrected chi connectivity index (χ0v) is 19.2. The lowest BCUT2D eigenvalue weighted by Gasteiger charge is -2.21. The first-order chi connectivity index (χ1) is 15.9. The van der Waals surface area contributed by atoms with E-state index in [4.69, 9.17) is 4.74 Å². The molecule has 1 heterocycles. The fourth-order valence-corrected chi connectivity index (χ4v) is 4.91. The van der Waals surface area contributed by atoms with Gasteiger partial charge >= 0.3 is 0 Å². The standard InChI is InChI=1S/C25H25N3O4S/c1-28(23-9-5-6-10-24(23)32-2)33(30,31)20-13-11-18(12-14-20)25(29)26-16-15-19-17-27-22-8-4-3-7-21(19)22/h3-14,17,27H,15-16H2,1-2H3,(H,26,29). The van der Waals surface area contributed by atoms with Crippen LogP contribution in [0.3, 0.4) is 0 Å². The van der Waals surface area contributed by atoms with Crippen molar-refractivity contribution in [3.63, 3.8) is 0 Å². The maximum atomic E-state index is 13.1. The van der Waals surface area contributed by atoms with E-state index in [0.717, 1.165) is 16.5 Å². The molecule has 170 valence electrons. The Morgan fingerprint density at radius 1 is 1.00 bits per heavy atom. The van der Waals surface area contributed by atoms with Crippen molar-refractivity contribution in [2.45, 2.75) is 11.3 Å². The number of methoxy groups -OCH3 is 1. The van der Waals surface area contributed by atoms with Crippen molar-refractivity contribution in [2.24, 2.45) is 0 Å². The van der Waals surface area contributed by atoms with E-state index in [1.807, 2.05) is 30.5 Å². The van der Waals surface area contributed by atoms with Crippen LogP contribution in [0.2, 0.25) is 0 Å². The third-order valence-electron chi connectivity index (χ3n) is 5.55. The van der Waals surface area contributed by atoms with Gasteiger partial charge in [0, 0.05) is 36.3 Å². The summed E-state index contributed by atoms with van der Waals surface area (Å²) in [5.74, 6) is 0.201. The molecule has 4 aromatic rings. The van der Waals surface area contributed by atoms with Gasteiger partial charge in [0.15, 0.2) is 0 Å². The Hall–Kier alpha value is -3.78. The number of carbonyl (C=O) groups excluding carboxylic acids is 1. The van der Waals surface area contributed by atoms with Crippen LogP contribution in [0.1, 0.15) is 15.9 Å². The van der Waals surface area contributed by atoms with Crippen LogP contribution in [0.15, 0.2) is 83.9 Å². The Morgan fingerprint density at radius 2 is 1.70 bits per heavy atom. The summed E-state index contributed by atoms with van der Waals surface area (Å²) in [4.78, 5) is 15.9. The minimum atomic E-state index is -3.82. The molecular formula is C25H25N3O4S. The van der Waals surface area contributed by atoms with E-state index in [9.17, 15) is 13.2 Å². The fraction of sp³-hybridized carbons (Fsp3) is 0.160. The second-order valence-corrected chi connectivity index (χ2v) is 9.50. The van der Waals surface area contributed by atoms with Crippen LogP contribution < -0.4 is 14.4 Å². The fourth-order valence-electron chi connectivity index (χ4n) is 3.71. The van der Waals surface area contributed by atoms with Crippen molar-refractivity contribution in [3.05, 3.63) is 90.1 Å². The van der Waals surface area contributed by atoms with Gasteiger partial charge in [-0.3, -0.25) is 9.10 Å². The van der Waals surface area contributed by atoms with Crippen LogP contribution in [0.5, 0.6) is 5.75 Å². The van der Waals surface area contributed by atoms with Gasteiger partial charge in [-0.2, -0.15) is 0 Å². The van der Waals surface area contributed by atoms with Crippen molar-refractivity contribution < 1.29 is 17.9 Å². The molecule has 33 heavy (non-hydrogen) atoms. The molecule has 4 rings (SSSR count). The molecule has 0 saturated carbocycles. The van der Waals surface area contributed by atoms with Gasteiger partial charge in [-0.05, 0) is 54.4 Å². The minimum absolute atomic E-state index is 0.0891. The highest BCUT2D eigenvalue weighted by molar-refractivity contribution is 7.92. The van der Waals surface area contributed by atoms with E-state index in [0.29, 0.717) is 30.0 Å². The first-order valence-corrected chi connectivity index (χ1v) is 11.9. The monoisotopic (exact) mass is 463 g/mol. The molecule has 0 radical (unpaired) electrons. The second-order valence-electron chi connectivity index (χ2n) is 7.53. The number of nitrogens with one attached hydrogen (secondary N) is 2. The Bertz CT molecular complexity index is 1380. The number of anilines is 1. The van der Waals surface area contributed by atoms with Gasteiger partial charge in [-0.1, -0.05) is 30.3 Å². The summed E-state index contributed by atoms with van der Waals surface area (Å²) in [6.07, 6.45) is 2.64. The molecule has 7 nitrogen and oxygen atoms in total. The number of rotatable bonds is 8. The minimum Gasteiger partial charge on any atom is -0.495 e. The highest BCUT2D eigenvalue weighted by Gasteiger charge is 2.24. The Morgan fingerprint density at radius 3 is 2.45 bits per heavy atom. The molecule has 0 aliphatic carbocycles. The van der Waals surface area contributed by atoms with Crippen molar-refractivity contribution in [1.82, 2.24) is 10.3 Å². The normalized spacial score (nSPS) is 11.3. The number of para-hydroxylation sites is 3. The number of carbonyl (C=O) groups is 1. The number of sulfonamides is 1. The molecule has 2 N–H and O–H groups in total. The summed E-state index contributed by atoms with van der Waals surface area (Å²) in [6.45, 7) is 0.470. The molecule has 1 aromatic heterocycles. The summed E-state index contributed by atoms with van der Waals surface area (Å²) < 4.78 is 32.6. The number of fused-ring (bicyclic) bond motifs is 1. The van der Waals surface area contributed by atoms with Crippen LogP contribution in [-0.2, 0) is 16.4 Å². The van der Waals surface area contributed by atoms with E-state index in [-0.39, 0.29) is 10.8 Å². The van der Waals surface area contributed by atoms with Gasteiger partial charge in [0.1, 0.15) is 5.75 Å². The van der Waals surface area contributed by atoms with Gasteiger partial charge in [0.25, 0.3) is 15.9 Å². The first-order valence-electron chi connectivity index (χ1n) is 10.5. The van der Waals surface area contributed by atoms with Gasteiger partial charge in [-0.15, -0.1) is 0 Å². The SMILES string of the molecule is COc1ccccc1N(C)S(=O)(=O)c1ccc(C(=O)NCCc2c[nH]c3ccccc23)cc1. The van der Waals surface area contributed by atoms with E-state index < -0.39 is 10.0 Å². The van der Waals surface area contributed by atoms with Crippen LogP contribution in [0.25, 0.3) is 10.9 Å². The van der Waals surface area contributed by atoms with Crippen molar-refractivity contribution in [2.75, 3.05) is 25.0 Å². The molecule has 0 spiro atoms. The van der Waals surface area contributed by atoms with Crippen molar-refractivity contribution in [1.29, 1.82) is 0 Å². The Kier molecular flexibility index (Phi) is 6.37. The number of ether oxygens (including phenoxy) is 1. The Balaban J connectivity index is 1.42. The lowest BCUT2D eigenvalue weighted by molar-refractivity contribution is 0.0954. The average molecular weight is 464 g/mol. The molecule has 0 bridgehead atoms. The third kappa shape index (κ3) is 4.56. The number of nitrogens with zero attached hydrogens (tertiary/aromatic N) is 1. The molecule has 8 heteroatoms. The number of aromatic nitrogens is 1. The quantitative estimate of drug-likeness (QED) is 0.414. The maximum Gasteiger partial charge on any atom is 0.264 e. The van der Waals surface area contributed by atoms with Gasteiger partial charge < -0.3 is 15.0 Å². The van der Waals surface area contributed by atoms with E-state index in [2.05, 4.69) is 10.3 Å². The number of H-pyrrole nitrogens is 1. The lowest BCUT2D eigenvalue weighted by Crippen LogP contribution is -2.27. The largest absolute Gasteiger partial charge is 0.495 e. The first kappa shape index (κ1) is 22.4. The number of hydrogen-bond donors (Lipinski definition) is 2. The van der Waals surface area contributed by atoms with Crippen LogP contribution in [0.4, 0.5) is 5.69 Å². The van der Waals surface area contributed by atoms with Crippen molar-refractivity contribution in [3.8, 4) is 5.75 Å². The highest BCUT2D eigenvalue weighted by atomic mass is 32.2. The Labute approximate surface area is 193 Å². The number of aromatic amines is 1. The molecule has 0 unspecified atom stereocenters. The van der Waals surface area contributed by atoms with Gasteiger partial charge in [0.2, 0.25) is 0 Å². The summed E-state index contributed by atoms with van der Waals surface area (Å²) in [5.41, 5.74) is 3.02. The number of hydrogen-bond acceptors (Lipinski definition) is 4. The molecule has 0 saturated heterocycles. The number of amides is 1. The van der Waals surface area contributed by atoms with Crippen LogP contribution in [-0.4, -0.2) is 40.0 Å². The zero-order valence-electron chi connectivity index (χ0n) is 18.4. The van der Waals surface area contributed by atoms with Crippen molar-refractivity contribution >= 4 is 32.5 Å². The zero-order chi connectivity index (χ0) is 23.4. The molecular weight excluding hydrogens is 438 g/mol. The topological polar surface area (TPSA) is 91.5 Å². The molecule has 0 aliphatic heterocycles. The predicted octanol–water partition coefficient (Wildman–Crippen LogP) is 3.97. The highest BCUT2D eigenvalue weighted by Crippen LogP contribution is 2.30. The molecule has 0 fully saturated rings. The smallest absolute Gasteiger partial charge is 0.264 e. The van der Waals surface area contributed by atoms with E-state index in [1.165, 1.54) is 42.7 Å². The summed E-state index contributed by atoms with van der Waals surface area (Å²) >= 11 is 0. The summed E-state index contributed by atoms with van der Waals surface area (Å²) in [5, 5.41) is 4.03. The maximum absolute atomic E-state index is 13.1. The summed E-state index contributed by atoms with van der Waals surface area (Å²) in [7, 11) is -0.854. The molecule has 0 atom stereocenters. The number of benzene rings is 3.